The van der Waals surface area contributed by atoms with Gasteiger partial charge in [-0.1, -0.05) is 43.7 Å². The molecule has 21 heavy (non-hydrogen) atoms. The summed E-state index contributed by atoms with van der Waals surface area (Å²) < 4.78 is 16.7. The number of benzene rings is 1. The van der Waals surface area contributed by atoms with Crippen molar-refractivity contribution in [3.63, 3.8) is 0 Å². The van der Waals surface area contributed by atoms with E-state index < -0.39 is 10.8 Å². The Kier molecular flexibility index (Phi) is 6.56. The van der Waals surface area contributed by atoms with Crippen LogP contribution in [0.2, 0.25) is 0 Å². The fourth-order valence-electron chi connectivity index (χ4n) is 1.59. The zero-order valence-corrected chi connectivity index (χ0v) is 13.8. The number of carbonyl (C=O) groups excluding carboxylic acids is 1. The van der Waals surface area contributed by atoms with Crippen LogP contribution in [0.1, 0.15) is 25.8 Å². The highest BCUT2D eigenvalue weighted by Gasteiger charge is 2.12. The van der Waals surface area contributed by atoms with Crippen molar-refractivity contribution in [1.29, 1.82) is 0 Å². The molecular weight excluding hydrogens is 284 g/mol. The molecule has 0 aromatic heterocycles. The Morgan fingerprint density at radius 2 is 1.90 bits per heavy atom. The first-order valence-electron chi connectivity index (χ1n) is 6.75. The van der Waals surface area contributed by atoms with E-state index in [-0.39, 0.29) is 11.4 Å². The van der Waals surface area contributed by atoms with Gasteiger partial charge >= 0.3 is 5.97 Å². The second kappa shape index (κ2) is 7.93. The number of carbonyl (C=O) groups is 1. The topological polar surface area (TPSA) is 43.4 Å². The second-order valence-corrected chi connectivity index (χ2v) is 6.87. The highest BCUT2D eigenvalue weighted by atomic mass is 32.2. The predicted octanol–water partition coefficient (Wildman–Crippen LogP) is 3.76. The molecule has 0 aliphatic rings. The van der Waals surface area contributed by atoms with Crippen molar-refractivity contribution in [1.82, 2.24) is 0 Å². The van der Waals surface area contributed by atoms with Crippen LogP contribution in [0.5, 0.6) is 0 Å². The number of methoxy groups -OCH3 is 1. The van der Waals surface area contributed by atoms with Gasteiger partial charge in [-0.15, -0.1) is 0 Å². The normalized spacial score (nSPS) is 13.7. The van der Waals surface area contributed by atoms with E-state index in [9.17, 15) is 9.00 Å². The smallest absolute Gasteiger partial charge is 0.330 e. The molecule has 0 aliphatic heterocycles. The van der Waals surface area contributed by atoms with Crippen molar-refractivity contribution in [2.24, 2.45) is 5.41 Å². The van der Waals surface area contributed by atoms with Crippen LogP contribution in [0.4, 0.5) is 0 Å². The van der Waals surface area contributed by atoms with Crippen molar-refractivity contribution < 1.29 is 13.7 Å². The standard InChI is InChI=1S/C17H22O3S/c1-14-7-9-15(10-8-14)21(19)13-12-17(2,3)11-5-6-16(18)20-4/h5-10,12-13H,11H2,1-4H3/b6-5-,13-12+. The first-order chi connectivity index (χ1) is 9.84. The van der Waals surface area contributed by atoms with Crippen LogP contribution in [-0.2, 0) is 20.3 Å². The number of hydrogen-bond acceptors (Lipinski definition) is 3. The van der Waals surface area contributed by atoms with Gasteiger partial charge in [-0.2, -0.15) is 0 Å². The van der Waals surface area contributed by atoms with Crippen LogP contribution in [0, 0.1) is 12.3 Å². The van der Waals surface area contributed by atoms with Crippen molar-refractivity contribution in [3.05, 3.63) is 53.5 Å². The Morgan fingerprint density at radius 1 is 1.29 bits per heavy atom. The minimum atomic E-state index is -1.15. The number of hydrogen-bond donors (Lipinski definition) is 0. The molecule has 1 aromatic carbocycles. The monoisotopic (exact) mass is 306 g/mol. The van der Waals surface area contributed by atoms with Crippen molar-refractivity contribution in [3.8, 4) is 0 Å². The summed E-state index contributed by atoms with van der Waals surface area (Å²) >= 11 is 0. The lowest BCUT2D eigenvalue weighted by Crippen LogP contribution is -2.06. The van der Waals surface area contributed by atoms with Crippen LogP contribution < -0.4 is 0 Å². The predicted molar refractivity (Wildman–Crippen MR) is 86.3 cm³/mol. The molecule has 4 heteroatoms. The molecule has 0 amide bonds. The largest absolute Gasteiger partial charge is 0.466 e. The Morgan fingerprint density at radius 3 is 2.48 bits per heavy atom. The number of rotatable bonds is 6. The summed E-state index contributed by atoms with van der Waals surface area (Å²) in [7, 11) is 0.199. The molecular formula is C17H22O3S. The quantitative estimate of drug-likeness (QED) is 0.593. The molecule has 0 aliphatic carbocycles. The summed E-state index contributed by atoms with van der Waals surface area (Å²) in [5.41, 5.74) is 0.971. The summed E-state index contributed by atoms with van der Waals surface area (Å²) in [6, 6.07) is 7.65. The highest BCUT2D eigenvalue weighted by Crippen LogP contribution is 2.23. The van der Waals surface area contributed by atoms with E-state index in [0.717, 1.165) is 10.5 Å². The van der Waals surface area contributed by atoms with Crippen LogP contribution in [0.15, 0.2) is 52.8 Å². The zero-order valence-electron chi connectivity index (χ0n) is 13.0. The Balaban J connectivity index is 2.65. The van der Waals surface area contributed by atoms with Crippen LogP contribution in [0.25, 0.3) is 0 Å². The Hall–Kier alpha value is -1.68. The minimum Gasteiger partial charge on any atom is -0.466 e. The van der Waals surface area contributed by atoms with E-state index >= 15 is 0 Å². The molecule has 1 unspecified atom stereocenters. The average molecular weight is 306 g/mol. The maximum absolute atomic E-state index is 12.2. The molecule has 0 spiro atoms. The lowest BCUT2D eigenvalue weighted by atomic mass is 9.89. The average Bonchev–Trinajstić information content (AvgIpc) is 2.45. The summed E-state index contributed by atoms with van der Waals surface area (Å²) in [4.78, 5) is 11.8. The Bertz CT molecular complexity index is 554. The van der Waals surface area contributed by atoms with Crippen LogP contribution in [-0.4, -0.2) is 17.3 Å². The first kappa shape index (κ1) is 17.4. The van der Waals surface area contributed by atoms with Gasteiger partial charge < -0.3 is 4.74 Å². The molecule has 114 valence electrons. The summed E-state index contributed by atoms with van der Waals surface area (Å²) in [6.45, 7) is 6.05. The third-order valence-corrected chi connectivity index (χ3v) is 4.12. The minimum absolute atomic E-state index is 0.176. The summed E-state index contributed by atoms with van der Waals surface area (Å²) in [6.07, 6.45) is 5.77. The lowest BCUT2D eigenvalue weighted by Gasteiger charge is -2.17. The van der Waals surface area contributed by atoms with Gasteiger partial charge in [0.15, 0.2) is 0 Å². The van der Waals surface area contributed by atoms with E-state index in [1.54, 1.807) is 11.5 Å². The van der Waals surface area contributed by atoms with E-state index in [0.29, 0.717) is 6.42 Å². The van der Waals surface area contributed by atoms with E-state index in [1.165, 1.54) is 13.2 Å². The van der Waals surface area contributed by atoms with E-state index in [1.807, 2.05) is 51.1 Å². The van der Waals surface area contributed by atoms with Gasteiger partial charge in [0, 0.05) is 16.4 Å². The molecule has 1 atom stereocenters. The zero-order chi connectivity index (χ0) is 15.9. The molecule has 0 fully saturated rings. The summed E-state index contributed by atoms with van der Waals surface area (Å²) in [5, 5.41) is 1.71. The molecule has 1 aromatic rings. The molecule has 0 bridgehead atoms. The van der Waals surface area contributed by atoms with Crippen LogP contribution >= 0.6 is 0 Å². The van der Waals surface area contributed by atoms with E-state index in [2.05, 4.69) is 4.74 Å². The molecule has 0 radical (unpaired) electrons. The SMILES string of the molecule is COC(=O)/C=C\CC(C)(C)/C=C/S(=O)c1ccc(C)cc1. The number of allylic oxidation sites excluding steroid dienone is 2. The van der Waals surface area contributed by atoms with Crippen molar-refractivity contribution >= 4 is 16.8 Å². The molecule has 0 heterocycles. The van der Waals surface area contributed by atoms with Crippen molar-refractivity contribution in [2.75, 3.05) is 7.11 Å². The van der Waals surface area contributed by atoms with Gasteiger partial charge in [-0.05, 0) is 30.9 Å². The number of ether oxygens (including phenoxy) is 1. The second-order valence-electron chi connectivity index (χ2n) is 5.53. The van der Waals surface area contributed by atoms with Crippen molar-refractivity contribution in [2.45, 2.75) is 32.1 Å². The Labute approximate surface area is 129 Å². The highest BCUT2D eigenvalue weighted by molar-refractivity contribution is 7.88. The van der Waals surface area contributed by atoms with Gasteiger partial charge in [0.05, 0.1) is 17.9 Å². The first-order valence-corrected chi connectivity index (χ1v) is 7.96. The third kappa shape index (κ3) is 6.54. The van der Waals surface area contributed by atoms with Gasteiger partial charge in [-0.25, -0.2) is 9.00 Å². The molecule has 0 N–H and O–H groups in total. The molecule has 1 rings (SSSR count). The van der Waals surface area contributed by atoms with Gasteiger partial charge in [0.1, 0.15) is 0 Å². The van der Waals surface area contributed by atoms with Crippen LogP contribution in [0.3, 0.4) is 0 Å². The summed E-state index contributed by atoms with van der Waals surface area (Å²) in [5.74, 6) is -0.363. The van der Waals surface area contributed by atoms with E-state index in [4.69, 9.17) is 0 Å². The van der Waals surface area contributed by atoms with Gasteiger partial charge in [0.25, 0.3) is 0 Å². The third-order valence-electron chi connectivity index (χ3n) is 3.00. The number of aryl methyl sites for hydroxylation is 1. The molecule has 0 saturated heterocycles. The van der Waals surface area contributed by atoms with Gasteiger partial charge in [0.2, 0.25) is 0 Å². The van der Waals surface area contributed by atoms with Gasteiger partial charge in [-0.3, -0.25) is 0 Å². The lowest BCUT2D eigenvalue weighted by molar-refractivity contribution is -0.134. The maximum atomic E-state index is 12.2. The fourth-order valence-corrected chi connectivity index (χ4v) is 2.65. The number of esters is 1. The molecule has 0 saturated carbocycles. The maximum Gasteiger partial charge on any atom is 0.330 e. The fraction of sp³-hybridized carbons (Fsp3) is 0.353. The molecule has 3 nitrogen and oxygen atoms in total.